The molecule has 0 spiro atoms. The Balaban J connectivity index is 1.75. The number of pyridine rings is 1. The van der Waals surface area contributed by atoms with Crippen molar-refractivity contribution in [1.82, 2.24) is 14.6 Å². The van der Waals surface area contributed by atoms with Gasteiger partial charge in [-0.15, -0.1) is 0 Å². The number of hydrogen-bond acceptors (Lipinski definition) is 6. The number of piperazine rings is 1. The number of aromatic nitrogens is 1. The second kappa shape index (κ2) is 8.03. The van der Waals surface area contributed by atoms with E-state index >= 15 is 0 Å². The fourth-order valence-electron chi connectivity index (χ4n) is 2.51. The van der Waals surface area contributed by atoms with Gasteiger partial charge in [0.05, 0.1) is 17.0 Å². The van der Waals surface area contributed by atoms with Crippen molar-refractivity contribution in [2.24, 2.45) is 0 Å². The first-order chi connectivity index (χ1) is 12.9. The molecule has 0 bridgehead atoms. The number of halogens is 1. The molecule has 8 nitrogen and oxygen atoms in total. The number of amides is 1. The maximum atomic E-state index is 12.7. The Bertz CT molecular complexity index is 980. The average Bonchev–Trinajstić information content (AvgIpc) is 2.67. The van der Waals surface area contributed by atoms with Crippen LogP contribution in [0.1, 0.15) is 15.9 Å². The number of esters is 1. The maximum absolute atomic E-state index is 12.7. The topological polar surface area (TPSA) is 106 Å². The summed E-state index contributed by atoms with van der Waals surface area (Å²) in [5, 5.41) is 2.79. The van der Waals surface area contributed by atoms with Crippen LogP contribution in [0.5, 0.6) is 0 Å². The third-order valence-corrected chi connectivity index (χ3v) is 6.09. The number of ether oxygens (including phenoxy) is 1. The normalized spacial score (nSPS) is 15.2. The zero-order chi connectivity index (χ0) is 19.4. The van der Waals surface area contributed by atoms with Crippen LogP contribution in [0.3, 0.4) is 0 Å². The Labute approximate surface area is 161 Å². The molecule has 1 fully saturated rings. The molecule has 1 N–H and O–H groups in total. The van der Waals surface area contributed by atoms with Crippen LogP contribution in [0.2, 0.25) is 5.15 Å². The number of benzene rings is 1. The van der Waals surface area contributed by atoms with Crippen molar-refractivity contribution >= 4 is 33.5 Å². The van der Waals surface area contributed by atoms with Gasteiger partial charge in [0.15, 0.2) is 0 Å². The summed E-state index contributed by atoms with van der Waals surface area (Å²) >= 11 is 5.92. The van der Waals surface area contributed by atoms with Gasteiger partial charge in [-0.2, -0.15) is 4.31 Å². The van der Waals surface area contributed by atoms with E-state index in [9.17, 15) is 18.0 Å². The summed E-state index contributed by atoms with van der Waals surface area (Å²) in [7, 11) is -3.89. The van der Waals surface area contributed by atoms with Gasteiger partial charge in [0.2, 0.25) is 15.9 Å². The first-order valence-electron chi connectivity index (χ1n) is 8.01. The van der Waals surface area contributed by atoms with Crippen LogP contribution in [0.25, 0.3) is 0 Å². The number of sulfonamides is 1. The second-order valence-corrected chi connectivity index (χ2v) is 8.04. The van der Waals surface area contributed by atoms with E-state index in [1.165, 1.54) is 30.5 Å². The van der Waals surface area contributed by atoms with Gasteiger partial charge in [0, 0.05) is 24.8 Å². The Morgan fingerprint density at radius 2 is 2.11 bits per heavy atom. The van der Waals surface area contributed by atoms with E-state index in [0.29, 0.717) is 5.56 Å². The lowest BCUT2D eigenvalue weighted by molar-refractivity contribution is -0.122. The molecule has 0 atom stereocenters. The summed E-state index contributed by atoms with van der Waals surface area (Å²) in [5.74, 6) is -1.06. The molecule has 27 heavy (non-hydrogen) atoms. The van der Waals surface area contributed by atoms with E-state index in [2.05, 4.69) is 10.3 Å². The molecule has 2 aromatic rings. The molecule has 1 amide bonds. The number of rotatable bonds is 5. The minimum Gasteiger partial charge on any atom is -0.457 e. The van der Waals surface area contributed by atoms with Gasteiger partial charge in [0.1, 0.15) is 11.8 Å². The van der Waals surface area contributed by atoms with Gasteiger partial charge in [-0.25, -0.2) is 18.2 Å². The summed E-state index contributed by atoms with van der Waals surface area (Å²) in [6, 6.07) is 8.84. The van der Waals surface area contributed by atoms with Crippen LogP contribution in [0, 0.1) is 0 Å². The molecule has 1 aliphatic rings. The second-order valence-electron chi connectivity index (χ2n) is 5.75. The van der Waals surface area contributed by atoms with Gasteiger partial charge < -0.3 is 10.1 Å². The number of hydrogen-bond donors (Lipinski definition) is 1. The molecule has 3 rings (SSSR count). The van der Waals surface area contributed by atoms with Crippen molar-refractivity contribution in [2.75, 3.05) is 19.6 Å². The summed E-state index contributed by atoms with van der Waals surface area (Å²) in [6.45, 7) is 0.0687. The molecule has 0 saturated carbocycles. The Kier molecular flexibility index (Phi) is 5.73. The first-order valence-corrected chi connectivity index (χ1v) is 9.83. The minimum atomic E-state index is -3.89. The highest BCUT2D eigenvalue weighted by atomic mass is 35.5. The molecule has 0 aliphatic carbocycles. The molecule has 10 heteroatoms. The van der Waals surface area contributed by atoms with Crippen molar-refractivity contribution in [2.45, 2.75) is 11.5 Å². The fourth-order valence-corrected chi connectivity index (χ4v) is 4.12. The lowest BCUT2D eigenvalue weighted by Crippen LogP contribution is -2.49. The zero-order valence-corrected chi connectivity index (χ0v) is 15.7. The smallest absolute Gasteiger partial charge is 0.338 e. The number of nitrogens with one attached hydrogen (secondary N) is 1. The summed E-state index contributed by atoms with van der Waals surface area (Å²) in [4.78, 5) is 27.6. The predicted molar refractivity (Wildman–Crippen MR) is 96.6 cm³/mol. The fraction of sp³-hybridized carbons (Fsp3) is 0.235. The van der Waals surface area contributed by atoms with Gasteiger partial charge in [-0.1, -0.05) is 23.7 Å². The van der Waals surface area contributed by atoms with Crippen LogP contribution in [0.4, 0.5) is 0 Å². The minimum absolute atomic E-state index is 0.0777. The number of nitrogens with zero attached hydrogens (tertiary/aromatic N) is 2. The lowest BCUT2D eigenvalue weighted by atomic mass is 10.2. The standard InChI is InChI=1S/C17H16ClN3O5S/c18-16-13(4-2-6-20-16)11-26-17(23)12-3-1-5-14(9-12)27(24,25)21-8-7-19-15(22)10-21/h1-6,9H,7-8,10-11H2,(H,19,22). The third kappa shape index (κ3) is 4.44. The molecule has 1 aromatic heterocycles. The van der Waals surface area contributed by atoms with Crippen LogP contribution < -0.4 is 5.32 Å². The molecule has 0 unspecified atom stereocenters. The van der Waals surface area contributed by atoms with Crippen molar-refractivity contribution in [3.05, 3.63) is 58.9 Å². The highest BCUT2D eigenvalue weighted by Gasteiger charge is 2.29. The van der Waals surface area contributed by atoms with Gasteiger partial charge in [-0.05, 0) is 24.3 Å². The van der Waals surface area contributed by atoms with E-state index in [-0.39, 0.29) is 47.8 Å². The lowest BCUT2D eigenvalue weighted by Gasteiger charge is -2.26. The summed E-state index contributed by atoms with van der Waals surface area (Å²) < 4.78 is 31.7. The average molecular weight is 410 g/mol. The summed E-state index contributed by atoms with van der Waals surface area (Å²) in [5.41, 5.74) is 0.619. The van der Waals surface area contributed by atoms with Crippen molar-refractivity contribution < 1.29 is 22.7 Å². The molecule has 0 radical (unpaired) electrons. The number of carbonyl (C=O) groups excluding carboxylic acids is 2. The molecular formula is C17H16ClN3O5S. The first kappa shape index (κ1) is 19.3. The van der Waals surface area contributed by atoms with E-state index in [1.807, 2.05) is 0 Å². The van der Waals surface area contributed by atoms with Gasteiger partial charge in [-0.3, -0.25) is 4.79 Å². The van der Waals surface area contributed by atoms with Crippen LogP contribution in [-0.2, 0) is 26.2 Å². The zero-order valence-electron chi connectivity index (χ0n) is 14.1. The SMILES string of the molecule is O=C1CN(S(=O)(=O)c2cccc(C(=O)OCc3cccnc3Cl)c2)CCN1. The van der Waals surface area contributed by atoms with Gasteiger partial charge >= 0.3 is 5.97 Å². The molecular weight excluding hydrogens is 394 g/mol. The van der Waals surface area contributed by atoms with E-state index in [4.69, 9.17) is 16.3 Å². The molecule has 1 saturated heterocycles. The molecule has 1 aliphatic heterocycles. The van der Waals surface area contributed by atoms with Crippen molar-refractivity contribution in [3.8, 4) is 0 Å². The van der Waals surface area contributed by atoms with Gasteiger partial charge in [0.25, 0.3) is 0 Å². The quantitative estimate of drug-likeness (QED) is 0.587. The largest absolute Gasteiger partial charge is 0.457 e. The predicted octanol–water partition coefficient (Wildman–Crippen LogP) is 1.21. The van der Waals surface area contributed by atoms with Crippen LogP contribution in [0.15, 0.2) is 47.5 Å². The van der Waals surface area contributed by atoms with Crippen molar-refractivity contribution in [1.29, 1.82) is 0 Å². The maximum Gasteiger partial charge on any atom is 0.338 e. The van der Waals surface area contributed by atoms with Crippen molar-refractivity contribution in [3.63, 3.8) is 0 Å². The summed E-state index contributed by atoms with van der Waals surface area (Å²) in [6.07, 6.45) is 1.52. The number of carbonyl (C=O) groups is 2. The Hall–Kier alpha value is -2.49. The molecule has 2 heterocycles. The highest BCUT2D eigenvalue weighted by molar-refractivity contribution is 7.89. The monoisotopic (exact) mass is 409 g/mol. The third-order valence-electron chi connectivity index (χ3n) is 3.91. The van der Waals surface area contributed by atoms with E-state index < -0.39 is 16.0 Å². The Morgan fingerprint density at radius 3 is 2.85 bits per heavy atom. The van der Waals surface area contributed by atoms with Crippen LogP contribution >= 0.6 is 11.6 Å². The molecule has 1 aromatic carbocycles. The highest BCUT2D eigenvalue weighted by Crippen LogP contribution is 2.19. The van der Waals surface area contributed by atoms with E-state index in [0.717, 1.165) is 4.31 Å². The van der Waals surface area contributed by atoms with Crippen LogP contribution in [-0.4, -0.2) is 49.2 Å². The molecule has 142 valence electrons. The van der Waals surface area contributed by atoms with E-state index in [1.54, 1.807) is 12.1 Å². The Morgan fingerprint density at radius 1 is 1.30 bits per heavy atom.